The van der Waals surface area contributed by atoms with Gasteiger partial charge < -0.3 is 0 Å². The molecule has 1 heteroatoms. The monoisotopic (exact) mass is 289 g/mol. The standard InChI is InChI=1S/C20H35N/c1-3-5-6-7-8-9-10-11-12-13-16-19(4-2)20-17-14-15-18-21-20/h14-15,17-19H,3-13,16H2,1-2H3. The van der Waals surface area contributed by atoms with Crippen molar-refractivity contribution in [3.63, 3.8) is 0 Å². The maximum absolute atomic E-state index is 4.51. The van der Waals surface area contributed by atoms with Crippen LogP contribution in [0.5, 0.6) is 0 Å². The van der Waals surface area contributed by atoms with Crippen LogP contribution in [0.15, 0.2) is 24.4 Å². The second kappa shape index (κ2) is 12.9. The molecule has 1 heterocycles. The normalized spacial score (nSPS) is 12.5. The van der Waals surface area contributed by atoms with Crippen LogP contribution in [0, 0.1) is 0 Å². The summed E-state index contributed by atoms with van der Waals surface area (Å²) >= 11 is 0. The molecule has 0 radical (unpaired) electrons. The van der Waals surface area contributed by atoms with Crippen molar-refractivity contribution in [3.8, 4) is 0 Å². The van der Waals surface area contributed by atoms with E-state index in [4.69, 9.17) is 0 Å². The molecule has 0 fully saturated rings. The Hall–Kier alpha value is -0.850. The number of hydrogen-bond donors (Lipinski definition) is 0. The Morgan fingerprint density at radius 1 is 0.810 bits per heavy atom. The first-order chi connectivity index (χ1) is 10.4. The summed E-state index contributed by atoms with van der Waals surface area (Å²) < 4.78 is 0. The summed E-state index contributed by atoms with van der Waals surface area (Å²) in [6.45, 7) is 4.57. The Labute approximate surface area is 132 Å². The molecular formula is C20H35N. The van der Waals surface area contributed by atoms with Crippen LogP contribution in [0.3, 0.4) is 0 Å². The van der Waals surface area contributed by atoms with Crippen molar-refractivity contribution < 1.29 is 0 Å². The lowest BCUT2D eigenvalue weighted by molar-refractivity contribution is 0.512. The Balaban J connectivity index is 1.98. The SMILES string of the molecule is CCCCCCCCCCCCC(CC)c1ccccn1. The van der Waals surface area contributed by atoms with Gasteiger partial charge in [0.1, 0.15) is 0 Å². The van der Waals surface area contributed by atoms with Crippen LogP contribution >= 0.6 is 0 Å². The van der Waals surface area contributed by atoms with E-state index in [-0.39, 0.29) is 0 Å². The summed E-state index contributed by atoms with van der Waals surface area (Å²) in [6.07, 6.45) is 18.6. The van der Waals surface area contributed by atoms with Gasteiger partial charge in [0.05, 0.1) is 0 Å². The molecule has 0 aliphatic heterocycles. The summed E-state index contributed by atoms with van der Waals surface area (Å²) in [6, 6.07) is 6.31. The van der Waals surface area contributed by atoms with Gasteiger partial charge in [-0.15, -0.1) is 0 Å². The van der Waals surface area contributed by atoms with Gasteiger partial charge in [-0.1, -0.05) is 84.1 Å². The third-order valence-corrected chi connectivity index (χ3v) is 4.50. The number of rotatable bonds is 13. The zero-order chi connectivity index (χ0) is 15.2. The van der Waals surface area contributed by atoms with Crippen molar-refractivity contribution in [1.29, 1.82) is 0 Å². The molecule has 1 aromatic heterocycles. The van der Waals surface area contributed by atoms with E-state index in [1.165, 1.54) is 82.7 Å². The molecule has 1 nitrogen and oxygen atoms in total. The lowest BCUT2D eigenvalue weighted by Gasteiger charge is -2.13. The Morgan fingerprint density at radius 3 is 1.95 bits per heavy atom. The van der Waals surface area contributed by atoms with Crippen LogP contribution in [-0.2, 0) is 0 Å². The summed E-state index contributed by atoms with van der Waals surface area (Å²) in [7, 11) is 0. The van der Waals surface area contributed by atoms with Crippen molar-refractivity contribution in [2.24, 2.45) is 0 Å². The molecule has 120 valence electrons. The largest absolute Gasteiger partial charge is 0.261 e. The number of hydrogen-bond acceptors (Lipinski definition) is 1. The fourth-order valence-electron chi connectivity index (χ4n) is 3.06. The minimum atomic E-state index is 0.667. The summed E-state index contributed by atoms with van der Waals surface area (Å²) in [5.41, 5.74) is 1.29. The highest BCUT2D eigenvalue weighted by Crippen LogP contribution is 2.24. The lowest BCUT2D eigenvalue weighted by atomic mass is 9.94. The summed E-state index contributed by atoms with van der Waals surface area (Å²) in [4.78, 5) is 4.51. The van der Waals surface area contributed by atoms with Gasteiger partial charge in [-0.3, -0.25) is 4.98 Å². The molecule has 0 aromatic carbocycles. The van der Waals surface area contributed by atoms with E-state index in [1.54, 1.807) is 0 Å². The molecule has 1 rings (SSSR count). The van der Waals surface area contributed by atoms with Gasteiger partial charge in [0, 0.05) is 17.8 Å². The fourth-order valence-corrected chi connectivity index (χ4v) is 3.06. The highest BCUT2D eigenvalue weighted by atomic mass is 14.7. The summed E-state index contributed by atoms with van der Waals surface area (Å²) in [5, 5.41) is 0. The molecule has 0 spiro atoms. The molecule has 0 saturated carbocycles. The maximum atomic E-state index is 4.51. The zero-order valence-electron chi connectivity index (χ0n) is 14.3. The Morgan fingerprint density at radius 2 is 1.43 bits per heavy atom. The molecule has 21 heavy (non-hydrogen) atoms. The van der Waals surface area contributed by atoms with Gasteiger partial charge in [-0.2, -0.15) is 0 Å². The minimum Gasteiger partial charge on any atom is -0.261 e. The molecule has 0 amide bonds. The van der Waals surface area contributed by atoms with Gasteiger partial charge in [0.25, 0.3) is 0 Å². The molecule has 1 atom stereocenters. The Bertz CT molecular complexity index is 320. The average molecular weight is 290 g/mol. The van der Waals surface area contributed by atoms with E-state index in [0.717, 1.165) is 0 Å². The van der Waals surface area contributed by atoms with Gasteiger partial charge in [0.15, 0.2) is 0 Å². The maximum Gasteiger partial charge on any atom is 0.0434 e. The van der Waals surface area contributed by atoms with Crippen LogP contribution in [0.1, 0.15) is 103 Å². The first-order valence-electron chi connectivity index (χ1n) is 9.29. The quantitative estimate of drug-likeness (QED) is 0.360. The molecule has 0 saturated heterocycles. The van der Waals surface area contributed by atoms with Crippen molar-refractivity contribution in [1.82, 2.24) is 4.98 Å². The van der Waals surface area contributed by atoms with E-state index in [0.29, 0.717) is 5.92 Å². The number of unbranched alkanes of at least 4 members (excludes halogenated alkanes) is 9. The Kier molecular flexibility index (Phi) is 11.1. The van der Waals surface area contributed by atoms with Crippen LogP contribution in [0.2, 0.25) is 0 Å². The first-order valence-corrected chi connectivity index (χ1v) is 9.29. The van der Waals surface area contributed by atoms with Crippen molar-refractivity contribution in [2.45, 2.75) is 96.8 Å². The van der Waals surface area contributed by atoms with Crippen molar-refractivity contribution >= 4 is 0 Å². The van der Waals surface area contributed by atoms with E-state index >= 15 is 0 Å². The average Bonchev–Trinajstić information content (AvgIpc) is 2.54. The topological polar surface area (TPSA) is 12.9 Å². The van der Waals surface area contributed by atoms with Gasteiger partial charge >= 0.3 is 0 Å². The lowest BCUT2D eigenvalue weighted by Crippen LogP contribution is -1.99. The third-order valence-electron chi connectivity index (χ3n) is 4.50. The predicted molar refractivity (Wildman–Crippen MR) is 93.7 cm³/mol. The van der Waals surface area contributed by atoms with E-state index in [2.05, 4.69) is 31.0 Å². The zero-order valence-corrected chi connectivity index (χ0v) is 14.3. The van der Waals surface area contributed by atoms with Gasteiger partial charge in [0.2, 0.25) is 0 Å². The smallest absolute Gasteiger partial charge is 0.0434 e. The molecule has 0 aliphatic rings. The van der Waals surface area contributed by atoms with Gasteiger partial charge in [-0.05, 0) is 25.0 Å². The van der Waals surface area contributed by atoms with E-state index in [1.807, 2.05) is 12.3 Å². The first kappa shape index (κ1) is 18.2. The molecule has 0 bridgehead atoms. The van der Waals surface area contributed by atoms with Crippen LogP contribution in [0.25, 0.3) is 0 Å². The second-order valence-corrected chi connectivity index (χ2v) is 6.33. The fraction of sp³-hybridized carbons (Fsp3) is 0.750. The van der Waals surface area contributed by atoms with E-state index < -0.39 is 0 Å². The molecule has 0 N–H and O–H groups in total. The molecule has 1 aromatic rings. The second-order valence-electron chi connectivity index (χ2n) is 6.33. The highest BCUT2D eigenvalue weighted by molar-refractivity contribution is 5.08. The van der Waals surface area contributed by atoms with Crippen LogP contribution in [-0.4, -0.2) is 4.98 Å². The van der Waals surface area contributed by atoms with Gasteiger partial charge in [-0.25, -0.2) is 0 Å². The highest BCUT2D eigenvalue weighted by Gasteiger charge is 2.09. The van der Waals surface area contributed by atoms with E-state index in [9.17, 15) is 0 Å². The molecule has 1 unspecified atom stereocenters. The predicted octanol–water partition coefficient (Wildman–Crippen LogP) is 6.89. The summed E-state index contributed by atoms with van der Waals surface area (Å²) in [5.74, 6) is 0.667. The number of aromatic nitrogens is 1. The van der Waals surface area contributed by atoms with Crippen LogP contribution < -0.4 is 0 Å². The molecule has 0 aliphatic carbocycles. The third kappa shape index (κ3) is 8.90. The molecular weight excluding hydrogens is 254 g/mol. The van der Waals surface area contributed by atoms with Crippen molar-refractivity contribution in [3.05, 3.63) is 30.1 Å². The van der Waals surface area contributed by atoms with Crippen LogP contribution in [0.4, 0.5) is 0 Å². The number of nitrogens with zero attached hydrogens (tertiary/aromatic N) is 1. The minimum absolute atomic E-state index is 0.667. The van der Waals surface area contributed by atoms with Crippen molar-refractivity contribution in [2.75, 3.05) is 0 Å². The number of pyridine rings is 1.